The van der Waals surface area contributed by atoms with Gasteiger partial charge in [-0.05, 0) is 73.6 Å². The number of rotatable bonds is 8. The highest BCUT2D eigenvalue weighted by Gasteiger charge is 2.41. The third-order valence-corrected chi connectivity index (χ3v) is 7.01. The third kappa shape index (κ3) is 5.19. The first kappa shape index (κ1) is 23.4. The summed E-state index contributed by atoms with van der Waals surface area (Å²) >= 11 is 12.1. The molecule has 1 saturated heterocycles. The lowest BCUT2D eigenvalue weighted by atomic mass is 10.0. The SMILES string of the molecule is Cc1ccc(-c2ccc([C@H]3[C@H](c4ccccn4)NC(=S)N3CCCNc3ccccc3)o2)cc1Cl. The van der Waals surface area contributed by atoms with Gasteiger partial charge in [-0.1, -0.05) is 48.0 Å². The zero-order chi connectivity index (χ0) is 24.2. The molecule has 2 N–H and O–H groups in total. The van der Waals surface area contributed by atoms with Gasteiger partial charge in [0.1, 0.15) is 17.6 Å². The third-order valence-electron chi connectivity index (χ3n) is 6.25. The van der Waals surface area contributed by atoms with E-state index < -0.39 is 0 Å². The van der Waals surface area contributed by atoms with Gasteiger partial charge in [-0.25, -0.2) is 0 Å². The van der Waals surface area contributed by atoms with E-state index in [1.54, 1.807) is 0 Å². The van der Waals surface area contributed by atoms with E-state index in [1.807, 2.05) is 79.9 Å². The number of furan rings is 1. The summed E-state index contributed by atoms with van der Waals surface area (Å²) in [5.41, 5.74) is 4.04. The lowest BCUT2D eigenvalue weighted by molar-refractivity contribution is 0.274. The first-order chi connectivity index (χ1) is 17.1. The summed E-state index contributed by atoms with van der Waals surface area (Å²) in [6.07, 6.45) is 2.73. The average Bonchev–Trinajstić information content (AvgIpc) is 3.49. The molecular weight excluding hydrogens is 476 g/mol. The Balaban J connectivity index is 1.39. The molecule has 1 aliphatic rings. The summed E-state index contributed by atoms with van der Waals surface area (Å²) in [4.78, 5) is 6.82. The highest BCUT2D eigenvalue weighted by Crippen LogP contribution is 2.40. The molecule has 2 aromatic carbocycles. The van der Waals surface area contributed by atoms with Gasteiger partial charge in [0.25, 0.3) is 0 Å². The van der Waals surface area contributed by atoms with Crippen molar-refractivity contribution in [1.82, 2.24) is 15.2 Å². The van der Waals surface area contributed by atoms with E-state index in [2.05, 4.69) is 32.7 Å². The fourth-order valence-corrected chi connectivity index (χ4v) is 4.92. The summed E-state index contributed by atoms with van der Waals surface area (Å²) in [5, 5.41) is 8.40. The van der Waals surface area contributed by atoms with E-state index in [0.717, 1.165) is 58.6 Å². The minimum absolute atomic E-state index is 0.105. The molecule has 0 aliphatic carbocycles. The quantitative estimate of drug-likeness (QED) is 0.204. The first-order valence-electron chi connectivity index (χ1n) is 11.7. The predicted molar refractivity (Wildman–Crippen MR) is 146 cm³/mol. The monoisotopic (exact) mass is 502 g/mol. The van der Waals surface area contributed by atoms with Crippen molar-refractivity contribution in [3.63, 3.8) is 0 Å². The molecule has 2 aromatic heterocycles. The van der Waals surface area contributed by atoms with Crippen molar-refractivity contribution in [2.45, 2.75) is 25.4 Å². The highest BCUT2D eigenvalue weighted by molar-refractivity contribution is 7.80. The summed E-state index contributed by atoms with van der Waals surface area (Å²) < 4.78 is 6.41. The summed E-state index contributed by atoms with van der Waals surface area (Å²) in [5.74, 6) is 1.63. The van der Waals surface area contributed by atoms with Gasteiger partial charge in [0.2, 0.25) is 0 Å². The second-order valence-electron chi connectivity index (χ2n) is 8.63. The van der Waals surface area contributed by atoms with Gasteiger partial charge in [-0.3, -0.25) is 4.98 Å². The minimum Gasteiger partial charge on any atom is -0.459 e. The van der Waals surface area contributed by atoms with Gasteiger partial charge in [-0.15, -0.1) is 0 Å². The molecule has 178 valence electrons. The Bertz CT molecular complexity index is 1290. The number of nitrogens with zero attached hydrogens (tertiary/aromatic N) is 2. The molecule has 5 rings (SSSR count). The molecule has 7 heteroatoms. The number of benzene rings is 2. The first-order valence-corrected chi connectivity index (χ1v) is 12.5. The maximum absolute atomic E-state index is 6.41. The molecule has 1 aliphatic heterocycles. The molecule has 35 heavy (non-hydrogen) atoms. The maximum atomic E-state index is 6.41. The molecular formula is C28H27ClN4OS. The van der Waals surface area contributed by atoms with Crippen LogP contribution in [0.1, 0.15) is 35.5 Å². The average molecular weight is 503 g/mol. The van der Waals surface area contributed by atoms with Gasteiger partial charge in [0, 0.05) is 35.6 Å². The molecule has 0 saturated carbocycles. The number of pyridine rings is 1. The van der Waals surface area contributed by atoms with Crippen LogP contribution in [0, 0.1) is 6.92 Å². The van der Waals surface area contributed by atoms with Gasteiger partial charge in [-0.2, -0.15) is 0 Å². The van der Waals surface area contributed by atoms with Crippen LogP contribution >= 0.6 is 23.8 Å². The highest BCUT2D eigenvalue weighted by atomic mass is 35.5. The van der Waals surface area contributed by atoms with E-state index in [9.17, 15) is 0 Å². The van der Waals surface area contributed by atoms with Gasteiger partial charge in [0.15, 0.2) is 5.11 Å². The standard InChI is InChI=1S/C28H27ClN4OS/c1-19-11-12-20(18-22(19)29)24-13-14-25(34-24)27-26(23-10-5-6-15-31-23)32-28(35)33(27)17-7-16-30-21-8-3-2-4-9-21/h2-6,8-15,18,26-27,30H,7,16-17H2,1H3,(H,32,35)/t26-,27-/m0/s1. The normalized spacial score (nSPS) is 17.4. The second-order valence-corrected chi connectivity index (χ2v) is 9.43. The van der Waals surface area contributed by atoms with Crippen LogP contribution < -0.4 is 10.6 Å². The van der Waals surface area contributed by atoms with Crippen molar-refractivity contribution >= 4 is 34.6 Å². The molecule has 0 radical (unpaired) electrons. The predicted octanol–water partition coefficient (Wildman–Crippen LogP) is 6.78. The van der Waals surface area contributed by atoms with Crippen LogP contribution in [0.2, 0.25) is 5.02 Å². The van der Waals surface area contributed by atoms with Crippen molar-refractivity contribution in [2.75, 3.05) is 18.4 Å². The number of anilines is 1. The van der Waals surface area contributed by atoms with Crippen molar-refractivity contribution < 1.29 is 4.42 Å². The number of aryl methyl sites for hydroxylation is 1. The lowest BCUT2D eigenvalue weighted by Gasteiger charge is -2.26. The van der Waals surface area contributed by atoms with Crippen LogP contribution in [0.4, 0.5) is 5.69 Å². The topological polar surface area (TPSA) is 53.3 Å². The number of thiocarbonyl (C=S) groups is 1. The molecule has 0 bridgehead atoms. The van der Waals surface area contributed by atoms with Crippen LogP contribution in [-0.2, 0) is 0 Å². The van der Waals surface area contributed by atoms with E-state index in [1.165, 1.54) is 0 Å². The largest absolute Gasteiger partial charge is 0.459 e. The van der Waals surface area contributed by atoms with E-state index >= 15 is 0 Å². The van der Waals surface area contributed by atoms with Crippen LogP contribution in [0.25, 0.3) is 11.3 Å². The smallest absolute Gasteiger partial charge is 0.170 e. The number of hydrogen-bond donors (Lipinski definition) is 2. The minimum atomic E-state index is -0.108. The Hall–Kier alpha value is -3.35. The van der Waals surface area contributed by atoms with Crippen molar-refractivity contribution in [3.8, 4) is 11.3 Å². The molecule has 5 nitrogen and oxygen atoms in total. The Labute approximate surface area is 216 Å². The van der Waals surface area contributed by atoms with E-state index in [-0.39, 0.29) is 12.1 Å². The Morgan fingerprint density at radius 1 is 1.06 bits per heavy atom. The van der Waals surface area contributed by atoms with Gasteiger partial charge < -0.3 is 20.0 Å². The lowest BCUT2D eigenvalue weighted by Crippen LogP contribution is -2.31. The second kappa shape index (κ2) is 10.5. The zero-order valence-corrected chi connectivity index (χ0v) is 21.0. The summed E-state index contributed by atoms with van der Waals surface area (Å²) in [7, 11) is 0. The van der Waals surface area contributed by atoms with Crippen LogP contribution in [-0.4, -0.2) is 28.1 Å². The summed E-state index contributed by atoms with van der Waals surface area (Å²) in [6.45, 7) is 3.62. The van der Waals surface area contributed by atoms with Crippen LogP contribution in [0.3, 0.4) is 0 Å². The number of aromatic nitrogens is 1. The van der Waals surface area contributed by atoms with Crippen molar-refractivity contribution in [1.29, 1.82) is 0 Å². The van der Waals surface area contributed by atoms with Gasteiger partial charge >= 0.3 is 0 Å². The van der Waals surface area contributed by atoms with Crippen molar-refractivity contribution in [3.05, 3.63) is 107 Å². The van der Waals surface area contributed by atoms with Gasteiger partial charge in [0.05, 0.1) is 11.7 Å². The molecule has 1 fully saturated rings. The number of halogens is 1. The molecule has 4 aromatic rings. The Morgan fingerprint density at radius 3 is 2.66 bits per heavy atom. The maximum Gasteiger partial charge on any atom is 0.170 e. The molecule has 0 unspecified atom stereocenters. The molecule has 0 amide bonds. The summed E-state index contributed by atoms with van der Waals surface area (Å²) in [6, 6.07) is 26.0. The number of nitrogens with one attached hydrogen (secondary N) is 2. The fraction of sp³-hybridized carbons (Fsp3) is 0.214. The van der Waals surface area contributed by atoms with E-state index in [0.29, 0.717) is 5.11 Å². The van der Waals surface area contributed by atoms with E-state index in [4.69, 9.17) is 28.2 Å². The van der Waals surface area contributed by atoms with Crippen molar-refractivity contribution in [2.24, 2.45) is 0 Å². The number of hydrogen-bond acceptors (Lipinski definition) is 4. The zero-order valence-electron chi connectivity index (χ0n) is 19.4. The molecule has 0 spiro atoms. The number of para-hydroxylation sites is 1. The molecule has 3 heterocycles. The van der Waals surface area contributed by atoms with Crippen LogP contribution in [0.5, 0.6) is 0 Å². The Morgan fingerprint density at radius 2 is 1.89 bits per heavy atom. The molecule has 2 atom stereocenters. The fourth-order valence-electron chi connectivity index (χ4n) is 4.41. The van der Waals surface area contributed by atoms with Crippen LogP contribution in [0.15, 0.2) is 89.5 Å². The Kier molecular flexibility index (Phi) is 7.02.